The van der Waals surface area contributed by atoms with Gasteiger partial charge in [-0.15, -0.1) is 0 Å². The summed E-state index contributed by atoms with van der Waals surface area (Å²) in [4.78, 5) is 46.0. The minimum atomic E-state index is -1.46. The number of amides is 1. The lowest BCUT2D eigenvalue weighted by molar-refractivity contribution is -0.194. The smallest absolute Gasteiger partial charge is 0.410 e. The molecule has 0 saturated heterocycles. The molecule has 0 heterocycles. The van der Waals surface area contributed by atoms with E-state index in [1.54, 1.807) is 41.5 Å². The van der Waals surface area contributed by atoms with Gasteiger partial charge in [-0.05, 0) is 32.5 Å². The van der Waals surface area contributed by atoms with Crippen LogP contribution in [0.2, 0.25) is 0 Å². The predicted octanol–water partition coefficient (Wildman–Crippen LogP) is 1.92. The highest BCUT2D eigenvalue weighted by Gasteiger charge is 2.26. The molecule has 0 bridgehead atoms. The van der Waals surface area contributed by atoms with Gasteiger partial charge in [-0.25, -0.2) is 14.4 Å². The number of carbonyl (C=O) groups is 4. The van der Waals surface area contributed by atoms with Gasteiger partial charge in [0.1, 0.15) is 6.04 Å². The molecule has 3 N–H and O–H groups in total. The number of aliphatic hydroxyl groups is 1. The van der Waals surface area contributed by atoms with Crippen LogP contribution < -0.4 is 5.32 Å². The fourth-order valence-corrected chi connectivity index (χ4v) is 1.96. The summed E-state index contributed by atoms with van der Waals surface area (Å²) in [5.74, 6) is -2.36. The summed E-state index contributed by atoms with van der Waals surface area (Å²) in [6.07, 6.45) is -2.29. The normalized spacial score (nSPS) is 13.8. The second-order valence-electron chi connectivity index (χ2n) is 7.97. The zero-order valence-electron chi connectivity index (χ0n) is 17.3. The maximum absolute atomic E-state index is 11.6. The Morgan fingerprint density at radius 3 is 2.03 bits per heavy atom. The van der Waals surface area contributed by atoms with Crippen molar-refractivity contribution in [3.63, 3.8) is 0 Å². The van der Waals surface area contributed by atoms with E-state index in [1.807, 2.05) is 5.32 Å². The molecule has 0 aliphatic carbocycles. The van der Waals surface area contributed by atoms with Crippen LogP contribution in [0, 0.1) is 10.8 Å². The Hall–Kier alpha value is -2.05. The third-order valence-electron chi connectivity index (χ3n) is 3.09. The Labute approximate surface area is 173 Å². The van der Waals surface area contributed by atoms with Crippen LogP contribution in [0.15, 0.2) is 0 Å². The predicted molar refractivity (Wildman–Crippen MR) is 102 cm³/mol. The molecule has 0 radical (unpaired) electrons. The third-order valence-corrected chi connectivity index (χ3v) is 3.95. The number of hydrogen-bond donors (Lipinski definition) is 3. The van der Waals surface area contributed by atoms with Gasteiger partial charge in [-0.1, -0.05) is 20.8 Å². The van der Waals surface area contributed by atoms with Gasteiger partial charge in [-0.3, -0.25) is 4.79 Å². The number of hydrogen-bond acceptors (Lipinski definition) is 10. The standard InChI is InChI=1S/C17H29NO10S/c1-16(2,3)12(21)25-8-27-14(23)18-10(11(19)20)7-29-15(24)28-9-26-13(22)17(4,5)6/h10,13,22H,7-9H2,1-6H3,(H,18,23)(H,19,20)/t10-,13+/m0/s1. The van der Waals surface area contributed by atoms with Gasteiger partial charge in [0.2, 0.25) is 6.79 Å². The number of carboxylic acids is 1. The Kier molecular flexibility index (Phi) is 11.0. The van der Waals surface area contributed by atoms with Crippen LogP contribution >= 0.6 is 11.8 Å². The zero-order valence-corrected chi connectivity index (χ0v) is 18.2. The molecule has 0 spiro atoms. The molecule has 2 atom stereocenters. The minimum Gasteiger partial charge on any atom is -0.480 e. The van der Waals surface area contributed by atoms with E-state index in [1.165, 1.54) is 0 Å². The Morgan fingerprint density at radius 2 is 1.55 bits per heavy atom. The average molecular weight is 439 g/mol. The van der Waals surface area contributed by atoms with E-state index in [0.29, 0.717) is 11.8 Å². The quantitative estimate of drug-likeness (QED) is 0.356. The van der Waals surface area contributed by atoms with Crippen molar-refractivity contribution in [3.05, 3.63) is 0 Å². The van der Waals surface area contributed by atoms with E-state index in [2.05, 4.69) is 4.74 Å². The number of ether oxygens (including phenoxy) is 4. The average Bonchev–Trinajstić information content (AvgIpc) is 2.56. The maximum atomic E-state index is 11.6. The molecular weight excluding hydrogens is 410 g/mol. The fourth-order valence-electron chi connectivity index (χ4n) is 1.30. The van der Waals surface area contributed by atoms with E-state index in [0.717, 1.165) is 0 Å². The molecule has 168 valence electrons. The molecule has 11 nitrogen and oxygen atoms in total. The SMILES string of the molecule is CC(C)(C)C(=O)OCOC(=O)N[C@@H](CSC(=O)OCO[C@@H](O)C(C)(C)C)C(=O)O. The molecular formula is C17H29NO10S. The lowest BCUT2D eigenvalue weighted by atomic mass is 9.96. The number of alkyl carbamates (subject to hydrolysis) is 1. The third kappa shape index (κ3) is 12.2. The summed E-state index contributed by atoms with van der Waals surface area (Å²) in [5.41, 5.74) is -1.35. The number of nitrogens with one attached hydrogen (secondary N) is 1. The van der Waals surface area contributed by atoms with E-state index in [4.69, 9.17) is 19.3 Å². The number of thioether (sulfide) groups is 1. The number of aliphatic carboxylic acids is 1. The van der Waals surface area contributed by atoms with Crippen molar-refractivity contribution >= 4 is 35.1 Å². The summed E-state index contributed by atoms with van der Waals surface area (Å²) in [6, 6.07) is -1.46. The van der Waals surface area contributed by atoms with Crippen molar-refractivity contribution < 1.29 is 48.3 Å². The number of carbonyl (C=O) groups excluding carboxylic acids is 3. The minimum absolute atomic E-state index is 0.354. The molecule has 0 fully saturated rings. The molecule has 0 aromatic heterocycles. The number of carboxylic acid groups (broad SMARTS) is 1. The highest BCUT2D eigenvalue weighted by Crippen LogP contribution is 2.20. The van der Waals surface area contributed by atoms with Gasteiger partial charge in [0.05, 0.1) is 5.41 Å². The number of esters is 1. The first kappa shape index (κ1) is 27.0. The van der Waals surface area contributed by atoms with Crippen LogP contribution in [0.1, 0.15) is 41.5 Å². The molecule has 0 rings (SSSR count). The summed E-state index contributed by atoms with van der Waals surface area (Å²) in [6.45, 7) is 8.80. The maximum Gasteiger partial charge on any atom is 0.410 e. The van der Waals surface area contributed by atoms with Gasteiger partial charge < -0.3 is 34.5 Å². The van der Waals surface area contributed by atoms with Crippen LogP contribution in [-0.2, 0) is 28.5 Å². The Balaban J connectivity index is 4.28. The zero-order chi connectivity index (χ0) is 22.8. The lowest BCUT2D eigenvalue weighted by Crippen LogP contribution is -2.43. The topological polar surface area (TPSA) is 158 Å². The molecule has 0 saturated carbocycles. The van der Waals surface area contributed by atoms with Crippen LogP contribution in [0.5, 0.6) is 0 Å². The van der Waals surface area contributed by atoms with E-state index in [9.17, 15) is 24.3 Å². The summed E-state index contributed by atoms with van der Waals surface area (Å²) in [7, 11) is 0. The highest BCUT2D eigenvalue weighted by molar-refractivity contribution is 8.13. The molecule has 0 aromatic rings. The van der Waals surface area contributed by atoms with Crippen LogP contribution in [0.25, 0.3) is 0 Å². The summed E-state index contributed by atoms with van der Waals surface area (Å²) < 4.78 is 19.0. The lowest BCUT2D eigenvalue weighted by Gasteiger charge is -2.25. The first-order chi connectivity index (χ1) is 13.1. The van der Waals surface area contributed by atoms with E-state index < -0.39 is 60.1 Å². The van der Waals surface area contributed by atoms with Gasteiger partial charge in [0, 0.05) is 11.2 Å². The number of aliphatic hydroxyl groups excluding tert-OH is 1. The molecule has 0 aromatic carbocycles. The van der Waals surface area contributed by atoms with Crippen molar-refractivity contribution in [2.24, 2.45) is 10.8 Å². The van der Waals surface area contributed by atoms with Crippen molar-refractivity contribution in [3.8, 4) is 0 Å². The molecule has 0 unspecified atom stereocenters. The van der Waals surface area contributed by atoms with Crippen molar-refractivity contribution in [1.29, 1.82) is 0 Å². The van der Waals surface area contributed by atoms with Crippen molar-refractivity contribution in [1.82, 2.24) is 5.32 Å². The fraction of sp³-hybridized carbons (Fsp3) is 0.765. The summed E-state index contributed by atoms with van der Waals surface area (Å²) in [5, 5.41) is 19.9. The largest absolute Gasteiger partial charge is 0.480 e. The van der Waals surface area contributed by atoms with Crippen molar-refractivity contribution in [2.45, 2.75) is 53.9 Å². The van der Waals surface area contributed by atoms with Gasteiger partial charge in [-0.2, -0.15) is 0 Å². The molecule has 0 aliphatic heterocycles. The highest BCUT2D eigenvalue weighted by atomic mass is 32.2. The van der Waals surface area contributed by atoms with Crippen molar-refractivity contribution in [2.75, 3.05) is 19.3 Å². The molecule has 1 amide bonds. The van der Waals surface area contributed by atoms with Crippen LogP contribution in [0.4, 0.5) is 9.59 Å². The van der Waals surface area contributed by atoms with E-state index in [-0.39, 0.29) is 5.75 Å². The molecule has 29 heavy (non-hydrogen) atoms. The Bertz CT molecular complexity index is 582. The van der Waals surface area contributed by atoms with Gasteiger partial charge in [0.25, 0.3) is 0 Å². The second kappa shape index (κ2) is 11.8. The Morgan fingerprint density at radius 1 is 0.966 bits per heavy atom. The van der Waals surface area contributed by atoms with Crippen LogP contribution in [0.3, 0.4) is 0 Å². The van der Waals surface area contributed by atoms with Gasteiger partial charge >= 0.3 is 23.3 Å². The monoisotopic (exact) mass is 439 g/mol. The van der Waals surface area contributed by atoms with E-state index >= 15 is 0 Å². The molecule has 12 heteroatoms. The first-order valence-corrected chi connectivity index (χ1v) is 9.55. The second-order valence-corrected chi connectivity index (χ2v) is 8.93. The molecule has 0 aliphatic rings. The van der Waals surface area contributed by atoms with Gasteiger partial charge in [0.15, 0.2) is 13.1 Å². The summed E-state index contributed by atoms with van der Waals surface area (Å²) >= 11 is 0.487. The van der Waals surface area contributed by atoms with Crippen LogP contribution in [-0.4, -0.2) is 65.2 Å². The first-order valence-electron chi connectivity index (χ1n) is 8.57. The number of rotatable bonds is 9.